The predicted molar refractivity (Wildman–Crippen MR) is 105 cm³/mol. The Labute approximate surface area is 259 Å². The molecule has 0 aromatic heterocycles. The Morgan fingerprint density at radius 1 is 1.00 bits per heavy atom. The van der Waals surface area contributed by atoms with Crippen molar-refractivity contribution in [2.45, 2.75) is 67.9 Å². The van der Waals surface area contributed by atoms with Crippen LogP contribution in [0.3, 0.4) is 0 Å². The molecule has 2 amide bonds. The van der Waals surface area contributed by atoms with Crippen molar-refractivity contribution >= 4 is 57.5 Å². The van der Waals surface area contributed by atoms with Gasteiger partial charge in [0.15, 0.2) is 17.6 Å². The maximum atomic E-state index is 12.0. The first-order valence-corrected chi connectivity index (χ1v) is 12.4. The Hall–Kier alpha value is -0.480. The Balaban J connectivity index is 0.00000648. The van der Waals surface area contributed by atoms with Gasteiger partial charge in [0.05, 0.1) is 6.42 Å². The fourth-order valence-electron chi connectivity index (χ4n) is 3.13. The quantitative estimate of drug-likeness (QED) is 0.0291. The van der Waals surface area contributed by atoms with Gasteiger partial charge in [-0.05, 0) is 12.8 Å². The zero-order chi connectivity index (χ0) is 26.2. The molecule has 196 valence electrons. The smallest absolute Gasteiger partial charge is 0.747 e. The van der Waals surface area contributed by atoms with E-state index in [1.165, 1.54) is 0 Å². The third-order valence-electron chi connectivity index (χ3n) is 4.90. The van der Waals surface area contributed by atoms with E-state index >= 15 is 0 Å². The van der Waals surface area contributed by atoms with E-state index in [1.54, 1.807) is 0 Å². The number of Topliss-reactive ketones (excluding diaryl/α,β-unsaturated/α-hetero) is 2. The number of carbonyl (C=O) groups is 6. The molecule has 0 spiro atoms. The minimum Gasteiger partial charge on any atom is -0.747 e. The number of hydroxylamine groups is 3. The molecule has 1 heterocycles. The molecular weight excluding hydrogens is 566 g/mol. The second-order valence-corrected chi connectivity index (χ2v) is 9.86. The number of rotatable bonds is 14. The van der Waals surface area contributed by atoms with E-state index < -0.39 is 68.4 Å². The van der Waals surface area contributed by atoms with Crippen molar-refractivity contribution in [3.63, 3.8) is 0 Å². The molecule has 1 N–H and O–H groups in total. The second kappa shape index (κ2) is 17.3. The zero-order valence-electron chi connectivity index (χ0n) is 19.9. The standard InChI is InChI=1S/C17H22N2O14S2.2Na/c20-9-7-10(34-33-32-26)16(24)15(9)18-30-13(22)5-3-1-2-4-6-14(23)31-19-12(21)8-11(17(19)25)35(27,28)29;;/h10-11,15,18,26H,1-8H2,(H,27,28,29);;/q;2*+1/p-2. The number of imide groups is 1. The molecule has 2 aliphatic rings. The van der Waals surface area contributed by atoms with Gasteiger partial charge in [0.25, 0.3) is 11.8 Å². The SMILES string of the molecule is O=C(CCCCCCC(=O)ON1C(=O)CC(S(=O)(=O)[O-])C1=O)ONC1C(=O)CC(SOO[O-])C1=O.[Na+].[Na+]. The molecule has 0 aromatic rings. The molecule has 0 aromatic carbocycles. The van der Waals surface area contributed by atoms with Crippen LogP contribution in [0.25, 0.3) is 0 Å². The Morgan fingerprint density at radius 3 is 2.14 bits per heavy atom. The third kappa shape index (κ3) is 11.3. The van der Waals surface area contributed by atoms with E-state index in [4.69, 9.17) is 4.84 Å². The van der Waals surface area contributed by atoms with E-state index in [9.17, 15) is 47.0 Å². The van der Waals surface area contributed by atoms with Crippen LogP contribution in [-0.2, 0) is 57.9 Å². The van der Waals surface area contributed by atoms with E-state index in [1.807, 2.05) is 0 Å². The first-order valence-electron chi connectivity index (χ1n) is 10.1. The summed E-state index contributed by atoms with van der Waals surface area (Å²) in [6.45, 7) is 0. The first kappa shape index (κ1) is 36.5. The molecule has 3 unspecified atom stereocenters. The fourth-order valence-corrected chi connectivity index (χ4v) is 4.41. The van der Waals surface area contributed by atoms with Crippen LogP contribution in [0.4, 0.5) is 0 Å². The molecule has 1 saturated carbocycles. The largest absolute Gasteiger partial charge is 1.00 e. The summed E-state index contributed by atoms with van der Waals surface area (Å²) in [6.07, 6.45) is 0.0812. The maximum absolute atomic E-state index is 12.0. The molecule has 1 aliphatic carbocycles. The Morgan fingerprint density at radius 2 is 1.59 bits per heavy atom. The monoisotopic (exact) mass is 586 g/mol. The van der Waals surface area contributed by atoms with Gasteiger partial charge < -0.3 is 19.5 Å². The molecule has 0 bridgehead atoms. The van der Waals surface area contributed by atoms with Crippen molar-refractivity contribution in [3.05, 3.63) is 0 Å². The number of amides is 2. The summed E-state index contributed by atoms with van der Waals surface area (Å²) in [7, 11) is -5.06. The summed E-state index contributed by atoms with van der Waals surface area (Å²) in [5, 5.41) is 9.82. The molecule has 1 saturated heterocycles. The average Bonchev–Trinajstić information content (AvgIpc) is 3.22. The van der Waals surface area contributed by atoms with E-state index in [0.29, 0.717) is 31.3 Å². The van der Waals surface area contributed by atoms with E-state index in [0.717, 1.165) is 0 Å². The number of nitrogens with zero attached hydrogens (tertiary/aromatic N) is 1. The van der Waals surface area contributed by atoms with Crippen molar-refractivity contribution in [2.75, 3.05) is 0 Å². The van der Waals surface area contributed by atoms with Crippen molar-refractivity contribution in [1.82, 2.24) is 10.5 Å². The van der Waals surface area contributed by atoms with Gasteiger partial charge >= 0.3 is 71.1 Å². The molecule has 16 nitrogen and oxygen atoms in total. The van der Waals surface area contributed by atoms with Crippen molar-refractivity contribution in [2.24, 2.45) is 0 Å². The van der Waals surface area contributed by atoms with E-state index in [2.05, 4.69) is 19.7 Å². The third-order valence-corrected chi connectivity index (χ3v) is 6.73. The summed E-state index contributed by atoms with van der Waals surface area (Å²) < 4.78 is 36.9. The van der Waals surface area contributed by atoms with Crippen LogP contribution >= 0.6 is 12.0 Å². The van der Waals surface area contributed by atoms with Gasteiger partial charge in [0.1, 0.15) is 20.6 Å². The maximum Gasteiger partial charge on any atom is 1.00 e. The summed E-state index contributed by atoms with van der Waals surface area (Å²) in [4.78, 5) is 79.9. The van der Waals surface area contributed by atoms with Crippen LogP contribution in [0.15, 0.2) is 0 Å². The molecule has 20 heteroatoms. The number of hydrogen-bond donors (Lipinski definition) is 1. The summed E-state index contributed by atoms with van der Waals surface area (Å²) in [6, 6.07) is -1.38. The van der Waals surface area contributed by atoms with Crippen molar-refractivity contribution in [1.29, 1.82) is 0 Å². The van der Waals surface area contributed by atoms with Gasteiger partial charge in [-0.3, -0.25) is 29.0 Å². The average molecular weight is 586 g/mol. The van der Waals surface area contributed by atoms with Crippen molar-refractivity contribution < 1.29 is 125 Å². The number of unbranched alkanes of at least 4 members (excludes halogenated alkanes) is 3. The van der Waals surface area contributed by atoms with Gasteiger partial charge in [-0.2, -0.15) is 4.33 Å². The number of carbonyl (C=O) groups excluding carboxylic acids is 6. The summed E-state index contributed by atoms with van der Waals surface area (Å²) >= 11 is 0.376. The molecular formula is C17H20N2Na2O14S2. The first-order chi connectivity index (χ1) is 16.5. The predicted octanol–water partition coefficient (Wildman–Crippen LogP) is -8.34. The van der Waals surface area contributed by atoms with Crippen LogP contribution in [0.2, 0.25) is 0 Å². The van der Waals surface area contributed by atoms with Crippen LogP contribution in [0.5, 0.6) is 0 Å². The number of nitrogens with one attached hydrogen (secondary N) is 1. The number of hydrogen-bond acceptors (Lipinski definition) is 16. The number of ketones is 2. The van der Waals surface area contributed by atoms with Gasteiger partial charge in [-0.1, -0.05) is 12.8 Å². The molecule has 2 fully saturated rings. The molecule has 37 heavy (non-hydrogen) atoms. The van der Waals surface area contributed by atoms with Crippen molar-refractivity contribution in [3.8, 4) is 0 Å². The molecule has 2 rings (SSSR count). The minimum absolute atomic E-state index is 0. The molecule has 0 radical (unpaired) electrons. The fraction of sp³-hybridized carbons (Fsp3) is 0.647. The Bertz CT molecular complexity index is 979. The molecule has 1 aliphatic heterocycles. The van der Waals surface area contributed by atoms with Gasteiger partial charge in [-0.25, -0.2) is 13.2 Å². The van der Waals surface area contributed by atoms with E-state index in [-0.39, 0.29) is 89.9 Å². The Kier molecular flexibility index (Phi) is 17.0. The normalized spacial score (nSPS) is 21.5. The van der Waals surface area contributed by atoms with Crippen LogP contribution in [-0.4, -0.2) is 69.9 Å². The van der Waals surface area contributed by atoms with Crippen LogP contribution in [0.1, 0.15) is 51.4 Å². The summed E-state index contributed by atoms with van der Waals surface area (Å²) in [5.41, 5.74) is 2.09. The second-order valence-electron chi connectivity index (χ2n) is 7.41. The topological polar surface area (TPSA) is 235 Å². The van der Waals surface area contributed by atoms with Gasteiger partial charge in [-0.15, -0.1) is 10.5 Å². The van der Waals surface area contributed by atoms with Gasteiger partial charge in [0.2, 0.25) is 0 Å². The van der Waals surface area contributed by atoms with Gasteiger partial charge in [0, 0.05) is 31.3 Å². The zero-order valence-corrected chi connectivity index (χ0v) is 25.5. The van der Waals surface area contributed by atoms with Crippen LogP contribution < -0.4 is 69.9 Å². The van der Waals surface area contributed by atoms with Crippen LogP contribution in [0, 0.1) is 0 Å². The minimum atomic E-state index is -5.06. The summed E-state index contributed by atoms with van der Waals surface area (Å²) in [5.74, 6) is -5.43. The molecule has 3 atom stereocenters.